The van der Waals surface area contributed by atoms with Crippen molar-refractivity contribution in [2.24, 2.45) is 11.7 Å². The second-order valence-electron chi connectivity index (χ2n) is 3.97. The average Bonchev–Trinajstić information content (AvgIpc) is 2.26. The quantitative estimate of drug-likeness (QED) is 0.637. The predicted molar refractivity (Wildman–Crippen MR) is 57.2 cm³/mol. The number of piperidine rings is 1. The minimum absolute atomic E-state index is 0.0244. The summed E-state index contributed by atoms with van der Waals surface area (Å²) >= 11 is 0. The van der Waals surface area contributed by atoms with E-state index in [1.807, 2.05) is 0 Å². The summed E-state index contributed by atoms with van der Waals surface area (Å²) in [7, 11) is 0. The number of nitrogens with one attached hydrogen (secondary N) is 1. The van der Waals surface area contributed by atoms with Crippen LogP contribution in [0.25, 0.3) is 0 Å². The first-order chi connectivity index (χ1) is 7.50. The molecule has 1 fully saturated rings. The second kappa shape index (κ2) is 5.48. The van der Waals surface area contributed by atoms with Gasteiger partial charge in [-0.25, -0.2) is 0 Å². The van der Waals surface area contributed by atoms with Crippen molar-refractivity contribution in [1.29, 1.82) is 0 Å². The number of rotatable bonds is 3. The van der Waals surface area contributed by atoms with Crippen LogP contribution in [0.2, 0.25) is 0 Å². The third-order valence-electron chi connectivity index (χ3n) is 2.74. The smallest absolute Gasteiger partial charge is 0.241 e. The number of hydrogen-bond donors (Lipinski definition) is 2. The first kappa shape index (κ1) is 12.5. The minimum atomic E-state index is -0.297. The third kappa shape index (κ3) is 3.52. The Kier molecular flexibility index (Phi) is 4.28. The normalized spacial score (nSPS) is 16.9. The lowest BCUT2D eigenvalue weighted by Crippen LogP contribution is -2.45. The molecule has 1 heterocycles. The Morgan fingerprint density at radius 1 is 1.31 bits per heavy atom. The maximum Gasteiger partial charge on any atom is 0.241 e. The van der Waals surface area contributed by atoms with E-state index < -0.39 is 0 Å². The Bertz CT molecular complexity index is 296. The fourth-order valence-corrected chi connectivity index (χ4v) is 1.73. The molecule has 0 aromatic rings. The highest BCUT2D eigenvalue weighted by molar-refractivity contribution is 5.84. The summed E-state index contributed by atoms with van der Waals surface area (Å²) in [5.74, 6) is -0.753. The van der Waals surface area contributed by atoms with E-state index in [4.69, 9.17) is 5.73 Å². The van der Waals surface area contributed by atoms with Gasteiger partial charge in [0, 0.05) is 25.9 Å². The van der Waals surface area contributed by atoms with E-state index >= 15 is 0 Å². The zero-order valence-electron chi connectivity index (χ0n) is 9.36. The lowest BCUT2D eigenvalue weighted by atomic mass is 9.96. The van der Waals surface area contributed by atoms with Gasteiger partial charge in [0.25, 0.3) is 0 Å². The van der Waals surface area contributed by atoms with E-state index in [1.165, 1.54) is 6.92 Å². The molecule has 0 aromatic heterocycles. The lowest BCUT2D eigenvalue weighted by molar-refractivity contribution is -0.135. The number of carbonyl (C=O) groups is 3. The molecular weight excluding hydrogens is 210 g/mol. The fraction of sp³-hybridized carbons (Fsp3) is 0.700. The van der Waals surface area contributed by atoms with E-state index in [-0.39, 0.29) is 30.2 Å². The van der Waals surface area contributed by atoms with Gasteiger partial charge in [-0.3, -0.25) is 14.4 Å². The maximum absolute atomic E-state index is 11.6. The van der Waals surface area contributed by atoms with Gasteiger partial charge in [0.2, 0.25) is 17.7 Å². The summed E-state index contributed by atoms with van der Waals surface area (Å²) < 4.78 is 0. The Morgan fingerprint density at radius 3 is 2.31 bits per heavy atom. The molecule has 6 heteroatoms. The summed E-state index contributed by atoms with van der Waals surface area (Å²) in [6.07, 6.45) is 1.22. The highest BCUT2D eigenvalue weighted by Crippen LogP contribution is 2.16. The van der Waals surface area contributed by atoms with Crippen LogP contribution in [0.15, 0.2) is 0 Å². The Hall–Kier alpha value is -1.59. The van der Waals surface area contributed by atoms with Crippen molar-refractivity contribution in [3.05, 3.63) is 0 Å². The topological polar surface area (TPSA) is 92.5 Å². The highest BCUT2D eigenvalue weighted by atomic mass is 16.2. The SMILES string of the molecule is CC(=O)NCC(=O)N1CCC(C(N)=O)CC1. The molecule has 6 nitrogen and oxygen atoms in total. The molecule has 90 valence electrons. The van der Waals surface area contributed by atoms with Crippen LogP contribution >= 0.6 is 0 Å². The van der Waals surface area contributed by atoms with Gasteiger partial charge in [-0.05, 0) is 12.8 Å². The van der Waals surface area contributed by atoms with E-state index in [1.54, 1.807) is 4.90 Å². The number of primary amides is 1. The molecule has 0 atom stereocenters. The second-order valence-corrected chi connectivity index (χ2v) is 3.97. The monoisotopic (exact) mass is 227 g/mol. The number of nitrogens with zero attached hydrogens (tertiary/aromatic N) is 1. The largest absolute Gasteiger partial charge is 0.369 e. The predicted octanol–water partition coefficient (Wildman–Crippen LogP) is -1.15. The van der Waals surface area contributed by atoms with Crippen molar-refractivity contribution >= 4 is 17.7 Å². The summed E-state index contributed by atoms with van der Waals surface area (Å²) in [4.78, 5) is 34.8. The number of hydrogen-bond acceptors (Lipinski definition) is 3. The number of likely N-dealkylation sites (tertiary alicyclic amines) is 1. The van der Waals surface area contributed by atoms with E-state index in [0.717, 1.165) is 0 Å². The Labute approximate surface area is 94.2 Å². The fourth-order valence-electron chi connectivity index (χ4n) is 1.73. The van der Waals surface area contributed by atoms with Crippen molar-refractivity contribution in [3.63, 3.8) is 0 Å². The van der Waals surface area contributed by atoms with E-state index in [0.29, 0.717) is 25.9 Å². The van der Waals surface area contributed by atoms with Gasteiger partial charge in [-0.1, -0.05) is 0 Å². The first-order valence-electron chi connectivity index (χ1n) is 5.32. The maximum atomic E-state index is 11.6. The zero-order chi connectivity index (χ0) is 12.1. The summed E-state index contributed by atoms with van der Waals surface area (Å²) in [5.41, 5.74) is 5.19. The molecule has 1 rings (SSSR count). The number of nitrogens with two attached hydrogens (primary N) is 1. The van der Waals surface area contributed by atoms with Gasteiger partial charge in [0.15, 0.2) is 0 Å². The van der Waals surface area contributed by atoms with Gasteiger partial charge in [-0.15, -0.1) is 0 Å². The molecule has 0 unspecified atom stereocenters. The van der Waals surface area contributed by atoms with Crippen LogP contribution in [0.1, 0.15) is 19.8 Å². The molecule has 0 aliphatic carbocycles. The zero-order valence-corrected chi connectivity index (χ0v) is 9.36. The Balaban J connectivity index is 2.33. The van der Waals surface area contributed by atoms with Gasteiger partial charge in [0.1, 0.15) is 0 Å². The van der Waals surface area contributed by atoms with Gasteiger partial charge < -0.3 is 16.0 Å². The van der Waals surface area contributed by atoms with Crippen molar-refractivity contribution in [3.8, 4) is 0 Å². The summed E-state index contributed by atoms with van der Waals surface area (Å²) in [5, 5.41) is 2.45. The summed E-state index contributed by atoms with van der Waals surface area (Å²) in [6, 6.07) is 0. The highest BCUT2D eigenvalue weighted by Gasteiger charge is 2.25. The molecule has 0 radical (unpaired) electrons. The molecule has 0 bridgehead atoms. The molecule has 0 saturated carbocycles. The van der Waals surface area contributed by atoms with Crippen LogP contribution in [-0.2, 0) is 14.4 Å². The van der Waals surface area contributed by atoms with Crippen LogP contribution < -0.4 is 11.1 Å². The van der Waals surface area contributed by atoms with Crippen molar-refractivity contribution < 1.29 is 14.4 Å². The molecule has 1 aliphatic heterocycles. The van der Waals surface area contributed by atoms with Crippen LogP contribution in [0.4, 0.5) is 0 Å². The number of amides is 3. The molecule has 1 aliphatic rings. The van der Waals surface area contributed by atoms with Crippen molar-refractivity contribution in [2.45, 2.75) is 19.8 Å². The van der Waals surface area contributed by atoms with E-state index in [9.17, 15) is 14.4 Å². The first-order valence-corrected chi connectivity index (χ1v) is 5.32. The molecule has 0 spiro atoms. The van der Waals surface area contributed by atoms with E-state index in [2.05, 4.69) is 5.32 Å². The van der Waals surface area contributed by atoms with Crippen LogP contribution in [0, 0.1) is 5.92 Å². The third-order valence-corrected chi connectivity index (χ3v) is 2.74. The van der Waals surface area contributed by atoms with Crippen molar-refractivity contribution in [2.75, 3.05) is 19.6 Å². The van der Waals surface area contributed by atoms with Crippen LogP contribution in [-0.4, -0.2) is 42.3 Å². The van der Waals surface area contributed by atoms with Gasteiger partial charge in [-0.2, -0.15) is 0 Å². The average molecular weight is 227 g/mol. The molecule has 3 amide bonds. The van der Waals surface area contributed by atoms with Crippen LogP contribution in [0.3, 0.4) is 0 Å². The number of carbonyl (C=O) groups excluding carboxylic acids is 3. The van der Waals surface area contributed by atoms with Crippen molar-refractivity contribution in [1.82, 2.24) is 10.2 Å². The summed E-state index contributed by atoms with van der Waals surface area (Å²) in [6.45, 7) is 2.46. The molecule has 1 saturated heterocycles. The molecular formula is C10H17N3O3. The molecule has 0 aromatic carbocycles. The molecule has 16 heavy (non-hydrogen) atoms. The standard InChI is InChI=1S/C10H17N3O3/c1-7(14)12-6-9(15)13-4-2-8(3-5-13)10(11)16/h8H,2-6H2,1H3,(H2,11,16)(H,12,14). The van der Waals surface area contributed by atoms with Gasteiger partial charge in [0.05, 0.1) is 6.54 Å². The van der Waals surface area contributed by atoms with Gasteiger partial charge >= 0.3 is 0 Å². The lowest BCUT2D eigenvalue weighted by Gasteiger charge is -2.30. The molecule has 3 N–H and O–H groups in total. The van der Waals surface area contributed by atoms with Crippen LogP contribution in [0.5, 0.6) is 0 Å². The minimum Gasteiger partial charge on any atom is -0.369 e. The Morgan fingerprint density at radius 2 is 1.88 bits per heavy atom.